The summed E-state index contributed by atoms with van der Waals surface area (Å²) in [6.07, 6.45) is 2.11. The van der Waals surface area contributed by atoms with Gasteiger partial charge in [-0.05, 0) is 54.2 Å². The highest BCUT2D eigenvalue weighted by Crippen LogP contribution is 2.33. The van der Waals surface area contributed by atoms with E-state index in [-0.39, 0.29) is 12.7 Å². The van der Waals surface area contributed by atoms with E-state index in [1.165, 1.54) is 5.56 Å². The summed E-state index contributed by atoms with van der Waals surface area (Å²) in [5.74, 6) is 3.48. The van der Waals surface area contributed by atoms with Crippen LogP contribution < -0.4 is 9.47 Å². The topological polar surface area (TPSA) is 55.2 Å². The molecular weight excluding hydrogens is 416 g/mol. The molecule has 0 radical (unpaired) electrons. The maximum atomic E-state index is 12.9. The van der Waals surface area contributed by atoms with Crippen LogP contribution in [0, 0.1) is 5.92 Å². The molecule has 0 saturated carbocycles. The molecule has 5 rings (SSSR count). The van der Waals surface area contributed by atoms with Crippen molar-refractivity contribution in [3.05, 3.63) is 83.3 Å². The lowest BCUT2D eigenvalue weighted by atomic mass is 9.99. The van der Waals surface area contributed by atoms with E-state index in [4.69, 9.17) is 13.9 Å². The molecule has 3 aromatic rings. The lowest BCUT2D eigenvalue weighted by molar-refractivity contribution is 0.0660. The maximum Gasteiger partial charge on any atom is 0.289 e. The Kier molecular flexibility index (Phi) is 6.35. The molecule has 0 atom stereocenters. The van der Waals surface area contributed by atoms with Crippen LogP contribution in [0.5, 0.6) is 11.5 Å². The molecule has 6 heteroatoms. The highest BCUT2D eigenvalue weighted by atomic mass is 16.7. The Balaban J connectivity index is 1.30. The Bertz CT molecular complexity index is 1090. The van der Waals surface area contributed by atoms with Gasteiger partial charge in [0, 0.05) is 26.2 Å². The molecule has 0 unspecified atom stereocenters. The van der Waals surface area contributed by atoms with Gasteiger partial charge in [0.15, 0.2) is 17.3 Å². The number of fused-ring (bicyclic) bond motifs is 1. The summed E-state index contributed by atoms with van der Waals surface area (Å²) in [6.45, 7) is 6.22. The molecule has 1 fully saturated rings. The van der Waals surface area contributed by atoms with Crippen molar-refractivity contribution in [2.24, 2.45) is 5.92 Å². The van der Waals surface area contributed by atoms with Gasteiger partial charge in [0.25, 0.3) is 5.91 Å². The van der Waals surface area contributed by atoms with E-state index in [0.29, 0.717) is 18.2 Å². The number of ether oxygens (including phenoxy) is 2. The van der Waals surface area contributed by atoms with Gasteiger partial charge in [0.05, 0.1) is 6.54 Å². The second-order valence-corrected chi connectivity index (χ2v) is 9.06. The molecule has 3 heterocycles. The number of hydrogen-bond donors (Lipinski definition) is 0. The summed E-state index contributed by atoms with van der Waals surface area (Å²) in [5.41, 5.74) is 2.36. The fraction of sp³-hybridized carbons (Fsp3) is 0.370. The number of piperidine rings is 1. The zero-order chi connectivity index (χ0) is 22.6. The van der Waals surface area contributed by atoms with Crippen LogP contribution in [0.4, 0.5) is 0 Å². The third-order valence-electron chi connectivity index (χ3n) is 6.41. The molecule has 1 amide bonds. The number of benzene rings is 2. The molecule has 0 bridgehead atoms. The second-order valence-electron chi connectivity index (χ2n) is 9.06. The van der Waals surface area contributed by atoms with Gasteiger partial charge < -0.3 is 18.8 Å². The zero-order valence-electron chi connectivity index (χ0n) is 19.0. The zero-order valence-corrected chi connectivity index (χ0v) is 19.0. The van der Waals surface area contributed by atoms with E-state index in [0.717, 1.165) is 61.8 Å². The lowest BCUT2D eigenvalue weighted by Crippen LogP contribution is -2.37. The SMILES string of the molecule is CC1CCN(C(=O)c2ccc(CN(Cc3ccccc3)Cc3ccc4c(c3)OCO4)o2)CC1. The molecule has 0 aliphatic carbocycles. The number of nitrogens with zero attached hydrogens (tertiary/aromatic N) is 2. The Hall–Kier alpha value is -3.25. The first-order valence-corrected chi connectivity index (χ1v) is 11.7. The summed E-state index contributed by atoms with van der Waals surface area (Å²) >= 11 is 0. The average Bonchev–Trinajstić information content (AvgIpc) is 3.49. The number of amides is 1. The van der Waals surface area contributed by atoms with Crippen LogP contribution in [0.15, 0.2) is 65.1 Å². The van der Waals surface area contributed by atoms with Crippen molar-refractivity contribution in [1.29, 1.82) is 0 Å². The Labute approximate surface area is 194 Å². The minimum absolute atomic E-state index is 0.00136. The second kappa shape index (κ2) is 9.71. The van der Waals surface area contributed by atoms with Crippen LogP contribution in [0.1, 0.15) is 47.2 Å². The molecule has 1 aromatic heterocycles. The summed E-state index contributed by atoms with van der Waals surface area (Å²) < 4.78 is 17.0. The van der Waals surface area contributed by atoms with Crippen LogP contribution in [0.25, 0.3) is 0 Å². The Morgan fingerprint density at radius 3 is 2.48 bits per heavy atom. The van der Waals surface area contributed by atoms with Crippen LogP contribution >= 0.6 is 0 Å². The van der Waals surface area contributed by atoms with Gasteiger partial charge in [-0.1, -0.05) is 43.3 Å². The highest BCUT2D eigenvalue weighted by molar-refractivity contribution is 5.91. The van der Waals surface area contributed by atoms with E-state index in [1.807, 2.05) is 35.2 Å². The van der Waals surface area contributed by atoms with Gasteiger partial charge in [-0.25, -0.2) is 0 Å². The van der Waals surface area contributed by atoms with Crippen molar-refractivity contribution >= 4 is 5.91 Å². The van der Waals surface area contributed by atoms with E-state index in [9.17, 15) is 4.79 Å². The fourth-order valence-electron chi connectivity index (χ4n) is 4.47. The Morgan fingerprint density at radius 2 is 1.67 bits per heavy atom. The number of furan rings is 1. The number of carbonyl (C=O) groups is 1. The minimum Gasteiger partial charge on any atom is -0.455 e. The molecule has 2 aliphatic heterocycles. The van der Waals surface area contributed by atoms with Crippen LogP contribution in [0.3, 0.4) is 0 Å². The molecule has 0 N–H and O–H groups in total. The van der Waals surface area contributed by atoms with Crippen molar-refractivity contribution in [1.82, 2.24) is 9.80 Å². The van der Waals surface area contributed by atoms with Crippen molar-refractivity contribution in [2.75, 3.05) is 19.9 Å². The van der Waals surface area contributed by atoms with E-state index >= 15 is 0 Å². The van der Waals surface area contributed by atoms with E-state index < -0.39 is 0 Å². The monoisotopic (exact) mass is 446 g/mol. The third kappa shape index (κ3) is 5.22. The molecule has 172 valence electrons. The predicted octanol–water partition coefficient (Wildman–Crippen LogP) is 5.08. The quantitative estimate of drug-likeness (QED) is 0.506. The number of hydrogen-bond acceptors (Lipinski definition) is 5. The van der Waals surface area contributed by atoms with Gasteiger partial charge in [0.2, 0.25) is 6.79 Å². The van der Waals surface area contributed by atoms with Crippen LogP contribution in [-0.2, 0) is 19.6 Å². The molecule has 2 aromatic carbocycles. The van der Waals surface area contributed by atoms with Gasteiger partial charge >= 0.3 is 0 Å². The number of carbonyl (C=O) groups excluding carboxylic acids is 1. The summed E-state index contributed by atoms with van der Waals surface area (Å²) in [7, 11) is 0. The largest absolute Gasteiger partial charge is 0.455 e. The van der Waals surface area contributed by atoms with Crippen molar-refractivity contribution in [3.8, 4) is 11.5 Å². The predicted molar refractivity (Wildman–Crippen MR) is 125 cm³/mol. The normalized spacial score (nSPS) is 15.9. The van der Waals surface area contributed by atoms with Gasteiger partial charge in [-0.15, -0.1) is 0 Å². The average molecular weight is 447 g/mol. The van der Waals surface area contributed by atoms with Gasteiger partial charge in [0.1, 0.15) is 5.76 Å². The maximum absolute atomic E-state index is 12.9. The standard InChI is InChI=1S/C27H30N2O4/c1-20-11-13-29(14-12-20)27(30)25-10-8-23(33-25)18-28(16-21-5-3-2-4-6-21)17-22-7-9-24-26(15-22)32-19-31-24/h2-10,15,20H,11-14,16-19H2,1H3. The van der Waals surface area contributed by atoms with Crippen LogP contribution in [0.2, 0.25) is 0 Å². The van der Waals surface area contributed by atoms with Crippen LogP contribution in [-0.4, -0.2) is 35.6 Å². The van der Waals surface area contributed by atoms with Crippen molar-refractivity contribution < 1.29 is 18.7 Å². The minimum atomic E-state index is -0.00136. The van der Waals surface area contributed by atoms with Crippen molar-refractivity contribution in [3.63, 3.8) is 0 Å². The fourth-order valence-corrected chi connectivity index (χ4v) is 4.47. The molecule has 1 saturated heterocycles. The highest BCUT2D eigenvalue weighted by Gasteiger charge is 2.24. The van der Waals surface area contributed by atoms with Gasteiger partial charge in [-0.3, -0.25) is 9.69 Å². The van der Waals surface area contributed by atoms with E-state index in [1.54, 1.807) is 0 Å². The van der Waals surface area contributed by atoms with Crippen molar-refractivity contribution in [2.45, 2.75) is 39.4 Å². The number of rotatable bonds is 7. The van der Waals surface area contributed by atoms with E-state index in [2.05, 4.69) is 42.2 Å². The molecule has 2 aliphatic rings. The molecule has 6 nitrogen and oxygen atoms in total. The summed E-state index contributed by atoms with van der Waals surface area (Å²) in [5, 5.41) is 0. The summed E-state index contributed by atoms with van der Waals surface area (Å²) in [6, 6.07) is 20.2. The number of likely N-dealkylation sites (tertiary alicyclic amines) is 1. The molecule has 0 spiro atoms. The first kappa shape index (κ1) is 21.6. The Morgan fingerprint density at radius 1 is 0.909 bits per heavy atom. The first-order valence-electron chi connectivity index (χ1n) is 11.7. The molecule has 33 heavy (non-hydrogen) atoms. The third-order valence-corrected chi connectivity index (χ3v) is 6.41. The lowest BCUT2D eigenvalue weighted by Gasteiger charge is -2.29. The molecular formula is C27H30N2O4. The first-order chi connectivity index (χ1) is 16.1. The smallest absolute Gasteiger partial charge is 0.289 e. The summed E-state index contributed by atoms with van der Waals surface area (Å²) in [4.78, 5) is 17.1. The van der Waals surface area contributed by atoms with Gasteiger partial charge in [-0.2, -0.15) is 0 Å².